The third-order valence-electron chi connectivity index (χ3n) is 4.44. The normalized spacial score (nSPS) is 27.2. The second kappa shape index (κ2) is 5.28. The lowest BCUT2D eigenvalue weighted by atomic mass is 9.98. The van der Waals surface area contributed by atoms with Crippen molar-refractivity contribution in [2.75, 3.05) is 19.6 Å². The minimum atomic E-state index is -0.0994. The van der Waals surface area contributed by atoms with E-state index >= 15 is 0 Å². The summed E-state index contributed by atoms with van der Waals surface area (Å²) in [5, 5.41) is 14.1. The molecule has 0 spiro atoms. The molecule has 1 aliphatic heterocycles. The molecule has 0 aromatic carbocycles. The number of carbonyl (C=O) groups is 1. The standard InChI is InChI=1S/C13H21N5O/c1-9-3-2-4-10(9)5-15-13(19)12-8-18(17-16-12)11-6-14-7-11/h8-11,14H,2-7H2,1H3,(H,15,19). The molecule has 2 heterocycles. The number of amides is 1. The Bertz CT molecular complexity index is 454. The quantitative estimate of drug-likeness (QED) is 0.834. The van der Waals surface area contributed by atoms with Gasteiger partial charge in [0.05, 0.1) is 12.2 Å². The van der Waals surface area contributed by atoms with E-state index in [0.29, 0.717) is 17.7 Å². The van der Waals surface area contributed by atoms with E-state index < -0.39 is 0 Å². The van der Waals surface area contributed by atoms with E-state index in [9.17, 15) is 4.79 Å². The van der Waals surface area contributed by atoms with Crippen LogP contribution in [0.2, 0.25) is 0 Å². The fourth-order valence-electron chi connectivity index (χ4n) is 2.86. The molecule has 2 N–H and O–H groups in total. The van der Waals surface area contributed by atoms with E-state index in [-0.39, 0.29) is 5.91 Å². The van der Waals surface area contributed by atoms with Gasteiger partial charge in [-0.05, 0) is 18.3 Å². The summed E-state index contributed by atoms with van der Waals surface area (Å²) in [7, 11) is 0. The van der Waals surface area contributed by atoms with Crippen LogP contribution in [0.5, 0.6) is 0 Å². The van der Waals surface area contributed by atoms with Gasteiger partial charge in [-0.2, -0.15) is 0 Å². The van der Waals surface area contributed by atoms with Gasteiger partial charge in [0.1, 0.15) is 0 Å². The van der Waals surface area contributed by atoms with Gasteiger partial charge < -0.3 is 10.6 Å². The van der Waals surface area contributed by atoms with Crippen molar-refractivity contribution in [3.63, 3.8) is 0 Å². The molecule has 2 atom stereocenters. The number of aromatic nitrogens is 3. The van der Waals surface area contributed by atoms with Gasteiger partial charge in [-0.1, -0.05) is 25.0 Å². The molecule has 19 heavy (non-hydrogen) atoms. The Morgan fingerprint density at radius 2 is 2.37 bits per heavy atom. The van der Waals surface area contributed by atoms with E-state index in [0.717, 1.165) is 25.6 Å². The Kier molecular flexibility index (Phi) is 3.50. The summed E-state index contributed by atoms with van der Waals surface area (Å²) >= 11 is 0. The zero-order chi connectivity index (χ0) is 13.2. The molecular formula is C13H21N5O. The van der Waals surface area contributed by atoms with Gasteiger partial charge in [0, 0.05) is 19.6 Å². The first-order valence-corrected chi connectivity index (χ1v) is 7.15. The van der Waals surface area contributed by atoms with Crippen LogP contribution in [-0.4, -0.2) is 40.5 Å². The molecule has 1 saturated carbocycles. The van der Waals surface area contributed by atoms with E-state index in [2.05, 4.69) is 27.9 Å². The van der Waals surface area contributed by atoms with Crippen LogP contribution in [0, 0.1) is 11.8 Å². The number of hydrogen-bond acceptors (Lipinski definition) is 4. The molecule has 1 aromatic rings. The monoisotopic (exact) mass is 263 g/mol. The minimum Gasteiger partial charge on any atom is -0.350 e. The maximum absolute atomic E-state index is 12.0. The maximum atomic E-state index is 12.0. The lowest BCUT2D eigenvalue weighted by Gasteiger charge is -2.26. The lowest BCUT2D eigenvalue weighted by Crippen LogP contribution is -2.43. The van der Waals surface area contributed by atoms with Crippen LogP contribution in [0.15, 0.2) is 6.20 Å². The maximum Gasteiger partial charge on any atom is 0.273 e. The van der Waals surface area contributed by atoms with Gasteiger partial charge in [0.2, 0.25) is 0 Å². The summed E-state index contributed by atoms with van der Waals surface area (Å²) in [6.45, 7) is 4.84. The highest BCUT2D eigenvalue weighted by Gasteiger charge is 2.25. The number of nitrogens with one attached hydrogen (secondary N) is 2. The fraction of sp³-hybridized carbons (Fsp3) is 0.769. The molecule has 2 fully saturated rings. The van der Waals surface area contributed by atoms with Gasteiger partial charge in [-0.3, -0.25) is 4.79 Å². The van der Waals surface area contributed by atoms with Crippen LogP contribution in [-0.2, 0) is 0 Å². The van der Waals surface area contributed by atoms with Crippen LogP contribution in [0.4, 0.5) is 0 Å². The average molecular weight is 263 g/mol. The van der Waals surface area contributed by atoms with E-state index in [1.165, 1.54) is 19.3 Å². The van der Waals surface area contributed by atoms with Gasteiger partial charge in [-0.15, -0.1) is 5.10 Å². The Morgan fingerprint density at radius 3 is 3.00 bits per heavy atom. The predicted octanol–water partition coefficient (Wildman–Crippen LogP) is 0.588. The molecule has 3 rings (SSSR count). The number of nitrogens with zero attached hydrogens (tertiary/aromatic N) is 3. The molecule has 2 aliphatic rings. The Hall–Kier alpha value is -1.43. The number of carbonyl (C=O) groups excluding carboxylic acids is 1. The molecular weight excluding hydrogens is 242 g/mol. The van der Waals surface area contributed by atoms with Crippen LogP contribution >= 0.6 is 0 Å². The third kappa shape index (κ3) is 2.63. The molecule has 1 amide bonds. The van der Waals surface area contributed by atoms with Crippen LogP contribution in [0.1, 0.15) is 42.7 Å². The minimum absolute atomic E-state index is 0.0994. The van der Waals surface area contributed by atoms with Crippen molar-refractivity contribution < 1.29 is 4.79 Å². The largest absolute Gasteiger partial charge is 0.350 e. The molecule has 1 saturated heterocycles. The Balaban J connectivity index is 1.53. The summed E-state index contributed by atoms with van der Waals surface area (Å²) < 4.78 is 1.78. The average Bonchev–Trinajstić information content (AvgIpc) is 2.94. The summed E-state index contributed by atoms with van der Waals surface area (Å²) in [5.74, 6) is 1.24. The topological polar surface area (TPSA) is 71.8 Å². The zero-order valence-corrected chi connectivity index (χ0v) is 11.3. The highest BCUT2D eigenvalue weighted by Crippen LogP contribution is 2.30. The number of hydrogen-bond donors (Lipinski definition) is 2. The smallest absolute Gasteiger partial charge is 0.273 e. The first kappa shape index (κ1) is 12.6. The van der Waals surface area contributed by atoms with Crippen LogP contribution < -0.4 is 10.6 Å². The summed E-state index contributed by atoms with van der Waals surface area (Å²) in [6, 6.07) is 0.351. The van der Waals surface area contributed by atoms with E-state index in [4.69, 9.17) is 0 Å². The molecule has 0 radical (unpaired) electrons. The van der Waals surface area contributed by atoms with Gasteiger partial charge in [-0.25, -0.2) is 4.68 Å². The van der Waals surface area contributed by atoms with Crippen molar-refractivity contribution in [1.82, 2.24) is 25.6 Å². The highest BCUT2D eigenvalue weighted by atomic mass is 16.2. The van der Waals surface area contributed by atoms with Crippen molar-refractivity contribution in [3.05, 3.63) is 11.9 Å². The van der Waals surface area contributed by atoms with Crippen LogP contribution in [0.25, 0.3) is 0 Å². The SMILES string of the molecule is CC1CCCC1CNC(=O)c1cn(C2CNC2)nn1. The third-order valence-corrected chi connectivity index (χ3v) is 4.44. The Morgan fingerprint density at radius 1 is 1.53 bits per heavy atom. The van der Waals surface area contributed by atoms with Gasteiger partial charge >= 0.3 is 0 Å². The molecule has 6 heteroatoms. The first-order chi connectivity index (χ1) is 9.24. The van der Waals surface area contributed by atoms with E-state index in [1.54, 1.807) is 10.9 Å². The molecule has 1 aromatic heterocycles. The van der Waals surface area contributed by atoms with Crippen molar-refractivity contribution in [2.45, 2.75) is 32.2 Å². The van der Waals surface area contributed by atoms with E-state index in [1.807, 2.05) is 0 Å². The molecule has 0 bridgehead atoms. The lowest BCUT2D eigenvalue weighted by molar-refractivity contribution is 0.0939. The fourth-order valence-corrected chi connectivity index (χ4v) is 2.86. The number of rotatable bonds is 4. The summed E-state index contributed by atoms with van der Waals surface area (Å²) in [6.07, 6.45) is 5.54. The highest BCUT2D eigenvalue weighted by molar-refractivity contribution is 5.91. The zero-order valence-electron chi connectivity index (χ0n) is 11.3. The van der Waals surface area contributed by atoms with Crippen molar-refractivity contribution in [3.8, 4) is 0 Å². The second-order valence-electron chi connectivity index (χ2n) is 5.77. The molecule has 6 nitrogen and oxygen atoms in total. The van der Waals surface area contributed by atoms with Crippen LogP contribution in [0.3, 0.4) is 0 Å². The van der Waals surface area contributed by atoms with Crippen molar-refractivity contribution in [2.24, 2.45) is 11.8 Å². The van der Waals surface area contributed by atoms with Gasteiger partial charge in [0.25, 0.3) is 5.91 Å². The van der Waals surface area contributed by atoms with Gasteiger partial charge in [0.15, 0.2) is 5.69 Å². The predicted molar refractivity (Wildman–Crippen MR) is 70.8 cm³/mol. The molecule has 1 aliphatic carbocycles. The molecule has 104 valence electrons. The second-order valence-corrected chi connectivity index (χ2v) is 5.77. The first-order valence-electron chi connectivity index (χ1n) is 7.15. The summed E-state index contributed by atoms with van der Waals surface area (Å²) in [4.78, 5) is 12.0. The Labute approximate surface area is 112 Å². The molecule has 2 unspecified atom stereocenters. The summed E-state index contributed by atoms with van der Waals surface area (Å²) in [5.41, 5.74) is 0.428. The van der Waals surface area contributed by atoms with Crippen molar-refractivity contribution in [1.29, 1.82) is 0 Å². The van der Waals surface area contributed by atoms with Crippen molar-refractivity contribution >= 4 is 5.91 Å².